The lowest BCUT2D eigenvalue weighted by Crippen LogP contribution is -2.25. The first-order chi connectivity index (χ1) is 14.9. The Hall–Kier alpha value is -3.03. The van der Waals surface area contributed by atoms with Crippen molar-refractivity contribution in [1.29, 1.82) is 0 Å². The van der Waals surface area contributed by atoms with Gasteiger partial charge in [0.1, 0.15) is 0 Å². The van der Waals surface area contributed by atoms with Crippen LogP contribution in [0, 0.1) is 6.92 Å². The highest BCUT2D eigenvalue weighted by Gasteiger charge is 2.21. The zero-order valence-corrected chi connectivity index (χ0v) is 19.8. The number of rotatable bonds is 5. The van der Waals surface area contributed by atoms with Gasteiger partial charge in [0.25, 0.3) is 5.91 Å². The molecule has 5 nitrogen and oxygen atoms in total. The summed E-state index contributed by atoms with van der Waals surface area (Å²) in [7, 11) is 3.93. The van der Waals surface area contributed by atoms with Crippen molar-refractivity contribution in [3.05, 3.63) is 87.9 Å². The summed E-state index contributed by atoms with van der Waals surface area (Å²) in [4.78, 5) is 20.0. The van der Waals surface area contributed by atoms with Crippen LogP contribution in [0.25, 0.3) is 10.2 Å². The van der Waals surface area contributed by atoms with Gasteiger partial charge in [-0.1, -0.05) is 57.1 Å². The zero-order valence-electron chi connectivity index (χ0n) is 17.4. The van der Waals surface area contributed by atoms with E-state index in [1.165, 1.54) is 21.9 Å². The summed E-state index contributed by atoms with van der Waals surface area (Å²) in [6, 6.07) is 21.3. The predicted molar refractivity (Wildman–Crippen MR) is 134 cm³/mol. The van der Waals surface area contributed by atoms with Gasteiger partial charge in [0.05, 0.1) is 16.4 Å². The van der Waals surface area contributed by atoms with Crippen LogP contribution >= 0.6 is 27.3 Å². The second kappa shape index (κ2) is 8.99. The fourth-order valence-corrected chi connectivity index (χ4v) is 4.44. The molecule has 1 aromatic heterocycles. The minimum absolute atomic E-state index is 0.230. The maximum absolute atomic E-state index is 13.4. The average molecular weight is 493 g/mol. The number of hydrazone groups is 1. The molecule has 1 heterocycles. The first-order valence-electron chi connectivity index (χ1n) is 9.69. The van der Waals surface area contributed by atoms with Gasteiger partial charge in [0.15, 0.2) is 0 Å². The second-order valence-corrected chi connectivity index (χ2v) is 9.25. The third-order valence-corrected chi connectivity index (χ3v) is 6.23. The van der Waals surface area contributed by atoms with Crippen LogP contribution < -0.4 is 9.91 Å². The minimum Gasteiger partial charge on any atom is -0.378 e. The molecule has 0 spiro atoms. The molecule has 3 aromatic carbocycles. The topological polar surface area (TPSA) is 48.8 Å². The van der Waals surface area contributed by atoms with Crippen molar-refractivity contribution in [3.8, 4) is 0 Å². The van der Waals surface area contributed by atoms with E-state index in [-0.39, 0.29) is 5.91 Å². The Kier molecular flexibility index (Phi) is 6.15. The van der Waals surface area contributed by atoms with Gasteiger partial charge in [0.2, 0.25) is 5.13 Å². The number of thiazole rings is 1. The van der Waals surface area contributed by atoms with Crippen LogP contribution in [0.15, 0.2) is 76.3 Å². The number of aryl methyl sites for hydroxylation is 1. The van der Waals surface area contributed by atoms with Crippen molar-refractivity contribution in [1.82, 2.24) is 4.98 Å². The Labute approximate surface area is 193 Å². The summed E-state index contributed by atoms with van der Waals surface area (Å²) in [5.41, 5.74) is 4.48. The lowest BCUT2D eigenvalue weighted by atomic mass is 10.2. The Morgan fingerprint density at radius 2 is 1.74 bits per heavy atom. The number of carbonyl (C=O) groups excluding carboxylic acids is 1. The summed E-state index contributed by atoms with van der Waals surface area (Å²) in [6.45, 7) is 2.04. The van der Waals surface area contributed by atoms with E-state index >= 15 is 0 Å². The first-order valence-corrected chi connectivity index (χ1v) is 11.3. The number of nitrogens with zero attached hydrogens (tertiary/aromatic N) is 4. The van der Waals surface area contributed by atoms with Gasteiger partial charge >= 0.3 is 0 Å². The fourth-order valence-electron chi connectivity index (χ4n) is 2.97. The maximum Gasteiger partial charge on any atom is 0.280 e. The van der Waals surface area contributed by atoms with Crippen molar-refractivity contribution in [2.75, 3.05) is 24.0 Å². The largest absolute Gasteiger partial charge is 0.378 e. The molecule has 0 N–H and O–H groups in total. The van der Waals surface area contributed by atoms with Gasteiger partial charge in [-0.3, -0.25) is 4.79 Å². The maximum atomic E-state index is 13.4. The normalized spacial score (nSPS) is 11.2. The summed E-state index contributed by atoms with van der Waals surface area (Å²) in [5, 5.41) is 6.43. The number of anilines is 2. The molecule has 4 rings (SSSR count). The van der Waals surface area contributed by atoms with Crippen LogP contribution in [-0.4, -0.2) is 31.2 Å². The van der Waals surface area contributed by atoms with E-state index in [4.69, 9.17) is 0 Å². The molecule has 0 unspecified atom stereocenters. The second-order valence-electron chi connectivity index (χ2n) is 7.32. The quantitative estimate of drug-likeness (QED) is 0.249. The molecule has 0 fully saturated rings. The third-order valence-electron chi connectivity index (χ3n) is 4.74. The lowest BCUT2D eigenvalue weighted by molar-refractivity contribution is 0.0988. The monoisotopic (exact) mass is 492 g/mol. The van der Waals surface area contributed by atoms with Gasteiger partial charge < -0.3 is 4.90 Å². The fraction of sp³-hybridized carbons (Fsp3) is 0.125. The number of hydrogen-bond acceptors (Lipinski definition) is 5. The van der Waals surface area contributed by atoms with Crippen molar-refractivity contribution in [2.45, 2.75) is 6.92 Å². The van der Waals surface area contributed by atoms with Crippen LogP contribution in [0.5, 0.6) is 0 Å². The summed E-state index contributed by atoms with van der Waals surface area (Å²) >= 11 is 4.92. The van der Waals surface area contributed by atoms with Crippen LogP contribution in [0.4, 0.5) is 10.8 Å². The standard InChI is InChI=1S/C24H21BrN4OS/c1-16-4-6-17(7-5-16)15-26-29(23(30)18-8-11-20(12-9-18)28(2)3)24-27-21-13-10-19(25)14-22(21)31-24/h4-15H,1-3H3/b26-15+. The molecule has 0 bridgehead atoms. The minimum atomic E-state index is -0.230. The Morgan fingerprint density at radius 3 is 2.42 bits per heavy atom. The van der Waals surface area contributed by atoms with Crippen molar-refractivity contribution < 1.29 is 4.79 Å². The van der Waals surface area contributed by atoms with Crippen LogP contribution in [0.1, 0.15) is 21.5 Å². The zero-order chi connectivity index (χ0) is 22.0. The highest BCUT2D eigenvalue weighted by atomic mass is 79.9. The molecule has 0 aliphatic rings. The molecule has 0 saturated carbocycles. The van der Waals surface area contributed by atoms with E-state index in [1.807, 2.05) is 92.6 Å². The summed E-state index contributed by atoms with van der Waals surface area (Å²) in [5.74, 6) is -0.230. The molecule has 0 atom stereocenters. The molecule has 4 aromatic rings. The molecule has 1 amide bonds. The molecular weight excluding hydrogens is 472 g/mol. The van der Waals surface area contributed by atoms with Crippen molar-refractivity contribution in [2.24, 2.45) is 5.10 Å². The number of halogens is 1. The first kappa shape index (κ1) is 21.2. The molecule has 0 aliphatic carbocycles. The highest BCUT2D eigenvalue weighted by molar-refractivity contribution is 9.10. The third kappa shape index (κ3) is 4.84. The van der Waals surface area contributed by atoms with E-state index in [0.29, 0.717) is 10.7 Å². The SMILES string of the molecule is Cc1ccc(/C=N/N(C(=O)c2ccc(N(C)C)cc2)c2nc3ccc(Br)cc3s2)cc1. The van der Waals surface area contributed by atoms with E-state index in [2.05, 4.69) is 26.0 Å². The number of hydrogen-bond donors (Lipinski definition) is 0. The predicted octanol–water partition coefficient (Wildman–Crippen LogP) is 6.11. The van der Waals surface area contributed by atoms with Gasteiger partial charge in [0, 0.05) is 29.8 Å². The van der Waals surface area contributed by atoms with E-state index in [0.717, 1.165) is 25.9 Å². The number of aromatic nitrogens is 1. The van der Waals surface area contributed by atoms with Gasteiger partial charge in [-0.15, -0.1) is 0 Å². The van der Waals surface area contributed by atoms with Gasteiger partial charge in [-0.05, 0) is 55.0 Å². The summed E-state index contributed by atoms with van der Waals surface area (Å²) < 4.78 is 1.95. The van der Waals surface area contributed by atoms with Crippen LogP contribution in [-0.2, 0) is 0 Å². The molecule has 0 aliphatic heterocycles. The Morgan fingerprint density at radius 1 is 1.03 bits per heavy atom. The van der Waals surface area contributed by atoms with Gasteiger partial charge in [-0.25, -0.2) is 4.98 Å². The Balaban J connectivity index is 1.73. The van der Waals surface area contributed by atoms with Crippen molar-refractivity contribution in [3.63, 3.8) is 0 Å². The van der Waals surface area contributed by atoms with Crippen molar-refractivity contribution >= 4 is 60.4 Å². The smallest absolute Gasteiger partial charge is 0.280 e. The highest BCUT2D eigenvalue weighted by Crippen LogP contribution is 2.32. The van der Waals surface area contributed by atoms with E-state index < -0.39 is 0 Å². The molecule has 0 radical (unpaired) electrons. The summed E-state index contributed by atoms with van der Waals surface area (Å²) in [6.07, 6.45) is 1.69. The van der Waals surface area contributed by atoms with Crippen LogP contribution in [0.3, 0.4) is 0 Å². The average Bonchev–Trinajstić information content (AvgIpc) is 3.17. The number of fused-ring (bicyclic) bond motifs is 1. The molecule has 7 heteroatoms. The number of amides is 1. The van der Waals surface area contributed by atoms with E-state index in [1.54, 1.807) is 6.21 Å². The van der Waals surface area contributed by atoms with E-state index in [9.17, 15) is 4.79 Å². The molecular formula is C24H21BrN4OS. The molecule has 156 valence electrons. The lowest BCUT2D eigenvalue weighted by Gasteiger charge is -2.16. The van der Waals surface area contributed by atoms with Gasteiger partial charge in [-0.2, -0.15) is 10.1 Å². The van der Waals surface area contributed by atoms with Crippen LogP contribution in [0.2, 0.25) is 0 Å². The Bertz CT molecular complexity index is 1250. The number of benzene rings is 3. The number of carbonyl (C=O) groups is 1. The molecule has 0 saturated heterocycles. The molecule has 31 heavy (non-hydrogen) atoms.